The maximum atomic E-state index is 12.2. The molecule has 2 unspecified atom stereocenters. The summed E-state index contributed by atoms with van der Waals surface area (Å²) in [5.74, 6) is -1.46. The van der Waals surface area contributed by atoms with Gasteiger partial charge in [0.2, 0.25) is 11.8 Å². The van der Waals surface area contributed by atoms with Crippen molar-refractivity contribution in [1.29, 1.82) is 0 Å². The van der Waals surface area contributed by atoms with Gasteiger partial charge in [0.15, 0.2) is 6.04 Å². The number of carboxylic acids is 1. The summed E-state index contributed by atoms with van der Waals surface area (Å²) in [5, 5.41) is 20.7. The fourth-order valence-corrected chi connectivity index (χ4v) is 4.08. The van der Waals surface area contributed by atoms with Crippen LogP contribution in [0.1, 0.15) is 26.7 Å². The van der Waals surface area contributed by atoms with Crippen LogP contribution in [0.4, 0.5) is 0 Å². The van der Waals surface area contributed by atoms with Crippen molar-refractivity contribution in [1.82, 2.24) is 10.2 Å². The molecule has 4 atom stereocenters. The topological polar surface area (TPSA) is 107 Å². The van der Waals surface area contributed by atoms with Crippen molar-refractivity contribution in [3.63, 3.8) is 0 Å². The van der Waals surface area contributed by atoms with Crippen molar-refractivity contribution in [2.24, 2.45) is 0 Å². The molecule has 0 bridgehead atoms. The summed E-state index contributed by atoms with van der Waals surface area (Å²) in [7, 11) is 0. The van der Waals surface area contributed by atoms with Crippen LogP contribution in [0.15, 0.2) is 0 Å². The molecule has 2 aliphatic rings. The van der Waals surface area contributed by atoms with Crippen molar-refractivity contribution < 1.29 is 24.6 Å². The Balaban J connectivity index is 2.10. The molecule has 8 heteroatoms. The van der Waals surface area contributed by atoms with Gasteiger partial charge in [-0.2, -0.15) is 0 Å². The minimum Gasteiger partial charge on any atom is -0.480 e. The van der Waals surface area contributed by atoms with Crippen molar-refractivity contribution in [3.05, 3.63) is 0 Å². The molecule has 7 nitrogen and oxygen atoms in total. The monoisotopic (exact) mass is 302 g/mol. The number of nitrogens with one attached hydrogen (secondary N) is 1. The lowest BCUT2D eigenvalue weighted by Crippen LogP contribution is -2.56. The average Bonchev–Trinajstić information content (AvgIpc) is 2.83. The van der Waals surface area contributed by atoms with E-state index in [0.717, 1.165) is 0 Å². The second-order valence-electron chi connectivity index (χ2n) is 5.33. The van der Waals surface area contributed by atoms with Gasteiger partial charge in [0, 0.05) is 12.2 Å². The highest BCUT2D eigenvalue weighted by Gasteiger charge is 2.53. The SMILES string of the molecule is C[C@@H](O)[C@H](NC(=O)C1CSC2(C)CCC(=O)N12)C(=O)O. The second-order valence-corrected chi connectivity index (χ2v) is 6.83. The van der Waals surface area contributed by atoms with Crippen LogP contribution in [-0.2, 0) is 14.4 Å². The van der Waals surface area contributed by atoms with E-state index in [1.54, 1.807) is 4.90 Å². The summed E-state index contributed by atoms with van der Waals surface area (Å²) >= 11 is 1.53. The maximum absolute atomic E-state index is 12.2. The number of aliphatic carboxylic acids is 1. The Morgan fingerprint density at radius 2 is 2.20 bits per heavy atom. The largest absolute Gasteiger partial charge is 0.480 e. The number of thioether (sulfide) groups is 1. The van der Waals surface area contributed by atoms with Crippen LogP contribution in [0.5, 0.6) is 0 Å². The number of hydrogen-bond acceptors (Lipinski definition) is 5. The molecule has 2 amide bonds. The smallest absolute Gasteiger partial charge is 0.328 e. The van der Waals surface area contributed by atoms with E-state index in [-0.39, 0.29) is 10.8 Å². The van der Waals surface area contributed by atoms with E-state index in [1.165, 1.54) is 18.7 Å². The van der Waals surface area contributed by atoms with Gasteiger partial charge in [-0.25, -0.2) is 4.79 Å². The highest BCUT2D eigenvalue weighted by Crippen LogP contribution is 2.47. The zero-order chi connectivity index (χ0) is 15.1. The first-order chi connectivity index (χ1) is 9.26. The highest BCUT2D eigenvalue weighted by molar-refractivity contribution is 8.01. The zero-order valence-corrected chi connectivity index (χ0v) is 12.1. The number of carbonyl (C=O) groups excluding carboxylic acids is 2. The van der Waals surface area contributed by atoms with Crippen molar-refractivity contribution in [3.8, 4) is 0 Å². The summed E-state index contributed by atoms with van der Waals surface area (Å²) in [6, 6.07) is -2.03. The molecule has 2 heterocycles. The average molecular weight is 302 g/mol. The normalized spacial score (nSPS) is 31.9. The minimum atomic E-state index is -1.36. The van der Waals surface area contributed by atoms with E-state index < -0.39 is 30.1 Å². The minimum absolute atomic E-state index is 0.0819. The number of fused-ring (bicyclic) bond motifs is 1. The van der Waals surface area contributed by atoms with Gasteiger partial charge in [0.1, 0.15) is 6.04 Å². The molecule has 0 aromatic carbocycles. The summed E-state index contributed by atoms with van der Waals surface area (Å²) in [4.78, 5) is 36.3. The Bertz CT molecular complexity index is 455. The number of rotatable bonds is 4. The van der Waals surface area contributed by atoms with Gasteiger partial charge in [-0.3, -0.25) is 9.59 Å². The molecule has 20 heavy (non-hydrogen) atoms. The molecule has 2 aliphatic heterocycles. The first kappa shape index (κ1) is 15.1. The van der Waals surface area contributed by atoms with E-state index >= 15 is 0 Å². The molecule has 0 aromatic rings. The third-order valence-electron chi connectivity index (χ3n) is 3.79. The number of carbonyl (C=O) groups is 3. The first-order valence-corrected chi connectivity index (χ1v) is 7.42. The Hall–Kier alpha value is -1.28. The lowest BCUT2D eigenvalue weighted by atomic mass is 10.1. The molecule has 112 valence electrons. The molecular weight excluding hydrogens is 284 g/mol. The van der Waals surface area contributed by atoms with Crippen LogP contribution in [0, 0.1) is 0 Å². The molecular formula is C12H18N2O5S. The van der Waals surface area contributed by atoms with Crippen LogP contribution in [0.3, 0.4) is 0 Å². The van der Waals surface area contributed by atoms with Crippen LogP contribution >= 0.6 is 11.8 Å². The Kier molecular flexibility index (Phi) is 3.97. The van der Waals surface area contributed by atoms with Gasteiger partial charge >= 0.3 is 5.97 Å². The Morgan fingerprint density at radius 3 is 2.75 bits per heavy atom. The molecule has 2 saturated heterocycles. The lowest BCUT2D eigenvalue weighted by molar-refractivity contribution is -0.146. The maximum Gasteiger partial charge on any atom is 0.328 e. The number of aliphatic hydroxyl groups is 1. The molecule has 0 aromatic heterocycles. The summed E-state index contributed by atoms with van der Waals surface area (Å²) in [6.45, 7) is 3.22. The van der Waals surface area contributed by atoms with Gasteiger partial charge < -0.3 is 20.4 Å². The van der Waals surface area contributed by atoms with Crippen LogP contribution < -0.4 is 5.32 Å². The quantitative estimate of drug-likeness (QED) is 0.639. The summed E-state index contributed by atoms with van der Waals surface area (Å²) < 4.78 is 0. The lowest BCUT2D eigenvalue weighted by Gasteiger charge is -2.30. The third kappa shape index (κ3) is 2.49. The zero-order valence-electron chi connectivity index (χ0n) is 11.3. The standard InChI is InChI=1S/C12H18N2O5S/c1-6(15)9(11(18)19)13-10(17)7-5-20-12(2)4-3-8(16)14(7)12/h6-7,9,15H,3-5H2,1-2H3,(H,13,17)(H,18,19)/t6-,7?,9+,12?/m1/s1. The predicted octanol–water partition coefficient (Wildman–Crippen LogP) is -0.609. The first-order valence-electron chi connectivity index (χ1n) is 6.43. The number of hydrogen-bond donors (Lipinski definition) is 3. The summed E-state index contributed by atoms with van der Waals surface area (Å²) in [6.07, 6.45) is -0.100. The van der Waals surface area contributed by atoms with E-state index in [1.807, 2.05) is 6.92 Å². The van der Waals surface area contributed by atoms with Crippen molar-refractivity contribution >= 4 is 29.5 Å². The molecule has 0 radical (unpaired) electrons. The van der Waals surface area contributed by atoms with E-state index in [0.29, 0.717) is 18.6 Å². The van der Waals surface area contributed by atoms with Crippen LogP contribution in [0.25, 0.3) is 0 Å². The van der Waals surface area contributed by atoms with Gasteiger partial charge in [-0.05, 0) is 20.3 Å². The fourth-order valence-electron chi connectivity index (χ4n) is 2.65. The molecule has 0 saturated carbocycles. The van der Waals surface area contributed by atoms with E-state index in [9.17, 15) is 19.5 Å². The Labute approximate surface area is 120 Å². The van der Waals surface area contributed by atoms with Gasteiger partial charge in [0.05, 0.1) is 11.0 Å². The van der Waals surface area contributed by atoms with E-state index in [2.05, 4.69) is 5.32 Å². The molecule has 0 spiro atoms. The fraction of sp³-hybridized carbons (Fsp3) is 0.750. The Morgan fingerprint density at radius 1 is 1.55 bits per heavy atom. The van der Waals surface area contributed by atoms with Gasteiger partial charge in [-0.1, -0.05) is 0 Å². The van der Waals surface area contributed by atoms with Crippen LogP contribution in [0.2, 0.25) is 0 Å². The van der Waals surface area contributed by atoms with Gasteiger partial charge in [-0.15, -0.1) is 11.8 Å². The molecule has 2 fully saturated rings. The number of carboxylic acid groups (broad SMARTS) is 1. The second kappa shape index (κ2) is 5.25. The molecule has 2 rings (SSSR count). The number of nitrogens with zero attached hydrogens (tertiary/aromatic N) is 1. The van der Waals surface area contributed by atoms with Crippen molar-refractivity contribution in [2.75, 3.05) is 5.75 Å². The number of amides is 2. The predicted molar refractivity (Wildman–Crippen MR) is 72.0 cm³/mol. The summed E-state index contributed by atoms with van der Waals surface area (Å²) in [5.41, 5.74) is 0. The number of aliphatic hydroxyl groups excluding tert-OH is 1. The molecule has 3 N–H and O–H groups in total. The van der Waals surface area contributed by atoms with E-state index in [4.69, 9.17) is 5.11 Å². The van der Waals surface area contributed by atoms with Crippen molar-refractivity contribution in [2.45, 2.75) is 49.7 Å². The highest BCUT2D eigenvalue weighted by atomic mass is 32.2. The van der Waals surface area contributed by atoms with Crippen LogP contribution in [-0.4, -0.2) is 61.7 Å². The third-order valence-corrected chi connectivity index (χ3v) is 5.30. The van der Waals surface area contributed by atoms with Gasteiger partial charge in [0.25, 0.3) is 0 Å². The molecule has 0 aliphatic carbocycles.